The monoisotopic (exact) mass is 153 g/mol. The van der Waals surface area contributed by atoms with Crippen LogP contribution < -0.4 is 4.74 Å². The van der Waals surface area contributed by atoms with Crippen molar-refractivity contribution in [2.24, 2.45) is 0 Å². The van der Waals surface area contributed by atoms with Gasteiger partial charge in [-0.3, -0.25) is 4.98 Å². The van der Waals surface area contributed by atoms with Gasteiger partial charge in [0.2, 0.25) is 0 Å². The molecule has 0 radical (unpaired) electrons. The molecule has 0 aliphatic rings. The van der Waals surface area contributed by atoms with Gasteiger partial charge in [-0.05, 0) is 19.1 Å². The SMILES string of the molecule is C[C@H](O)COc1cccnc1. The van der Waals surface area contributed by atoms with Crippen molar-refractivity contribution in [3.8, 4) is 5.75 Å². The largest absolute Gasteiger partial charge is 0.489 e. The average molecular weight is 153 g/mol. The van der Waals surface area contributed by atoms with E-state index < -0.39 is 6.10 Å². The molecule has 1 heterocycles. The lowest BCUT2D eigenvalue weighted by Gasteiger charge is -2.06. The Morgan fingerprint density at radius 1 is 1.73 bits per heavy atom. The number of aromatic nitrogens is 1. The summed E-state index contributed by atoms with van der Waals surface area (Å²) in [5, 5.41) is 8.87. The summed E-state index contributed by atoms with van der Waals surface area (Å²) < 4.78 is 5.15. The lowest BCUT2D eigenvalue weighted by Crippen LogP contribution is -2.12. The fourth-order valence-electron chi connectivity index (χ4n) is 0.649. The fraction of sp³-hybridized carbons (Fsp3) is 0.375. The number of nitrogens with zero attached hydrogens (tertiary/aromatic N) is 1. The molecule has 0 saturated carbocycles. The highest BCUT2D eigenvalue weighted by Gasteiger charge is 1.95. The molecule has 0 unspecified atom stereocenters. The van der Waals surface area contributed by atoms with Crippen LogP contribution in [-0.2, 0) is 0 Å². The third-order valence-electron chi connectivity index (χ3n) is 1.13. The molecule has 1 atom stereocenters. The lowest BCUT2D eigenvalue weighted by atomic mass is 10.4. The van der Waals surface area contributed by atoms with Crippen molar-refractivity contribution in [2.45, 2.75) is 13.0 Å². The highest BCUT2D eigenvalue weighted by Crippen LogP contribution is 2.05. The molecular weight excluding hydrogens is 142 g/mol. The van der Waals surface area contributed by atoms with Gasteiger partial charge in [-0.1, -0.05) is 0 Å². The van der Waals surface area contributed by atoms with Crippen molar-refractivity contribution >= 4 is 0 Å². The van der Waals surface area contributed by atoms with E-state index in [1.165, 1.54) is 0 Å². The first kappa shape index (κ1) is 8.01. The predicted octanol–water partition coefficient (Wildman–Crippen LogP) is 0.841. The van der Waals surface area contributed by atoms with Gasteiger partial charge in [-0.25, -0.2) is 0 Å². The number of rotatable bonds is 3. The molecule has 0 fully saturated rings. The third-order valence-corrected chi connectivity index (χ3v) is 1.13. The van der Waals surface area contributed by atoms with Gasteiger partial charge in [0.15, 0.2) is 0 Å². The molecule has 3 heteroatoms. The molecular formula is C8H11NO2. The second kappa shape index (κ2) is 3.93. The standard InChI is InChI=1S/C8H11NO2/c1-7(10)6-11-8-3-2-4-9-5-8/h2-5,7,10H,6H2,1H3/t7-/m0/s1. The van der Waals surface area contributed by atoms with Gasteiger partial charge in [-0.2, -0.15) is 0 Å². The zero-order valence-corrected chi connectivity index (χ0v) is 6.40. The van der Waals surface area contributed by atoms with Gasteiger partial charge in [0, 0.05) is 6.20 Å². The van der Waals surface area contributed by atoms with E-state index in [4.69, 9.17) is 9.84 Å². The second-order valence-corrected chi connectivity index (χ2v) is 2.35. The molecule has 0 spiro atoms. The summed E-state index contributed by atoms with van der Waals surface area (Å²) in [6.45, 7) is 1.99. The summed E-state index contributed by atoms with van der Waals surface area (Å²) in [5.74, 6) is 0.688. The Hall–Kier alpha value is -1.09. The van der Waals surface area contributed by atoms with Crippen LogP contribution in [0.25, 0.3) is 0 Å². The Morgan fingerprint density at radius 3 is 3.09 bits per heavy atom. The normalized spacial score (nSPS) is 12.5. The number of aliphatic hydroxyl groups excluding tert-OH is 1. The molecule has 0 aromatic carbocycles. The van der Waals surface area contributed by atoms with Gasteiger partial charge in [-0.15, -0.1) is 0 Å². The summed E-state index contributed by atoms with van der Waals surface area (Å²) in [6, 6.07) is 3.59. The van der Waals surface area contributed by atoms with Crippen LogP contribution >= 0.6 is 0 Å². The number of aliphatic hydroxyl groups is 1. The Bertz CT molecular complexity index is 199. The van der Waals surface area contributed by atoms with Crippen LogP contribution in [0.1, 0.15) is 6.92 Å². The van der Waals surface area contributed by atoms with Crippen molar-refractivity contribution < 1.29 is 9.84 Å². The van der Waals surface area contributed by atoms with Crippen LogP contribution in [0, 0.1) is 0 Å². The van der Waals surface area contributed by atoms with Crippen molar-refractivity contribution in [1.29, 1.82) is 0 Å². The Labute approximate surface area is 65.7 Å². The second-order valence-electron chi connectivity index (χ2n) is 2.35. The Kier molecular flexibility index (Phi) is 2.86. The molecule has 0 bridgehead atoms. The predicted molar refractivity (Wildman–Crippen MR) is 41.4 cm³/mol. The smallest absolute Gasteiger partial charge is 0.137 e. The highest BCUT2D eigenvalue weighted by molar-refractivity contribution is 5.15. The van der Waals surface area contributed by atoms with Gasteiger partial charge in [0.25, 0.3) is 0 Å². The summed E-state index contributed by atoms with van der Waals surface area (Å²) in [5.41, 5.74) is 0. The number of hydrogen-bond donors (Lipinski definition) is 1. The van der Waals surface area contributed by atoms with E-state index in [2.05, 4.69) is 4.98 Å². The molecule has 3 nitrogen and oxygen atoms in total. The van der Waals surface area contributed by atoms with E-state index in [0.29, 0.717) is 12.4 Å². The lowest BCUT2D eigenvalue weighted by molar-refractivity contribution is 0.122. The zero-order valence-electron chi connectivity index (χ0n) is 6.40. The molecule has 0 saturated heterocycles. The zero-order chi connectivity index (χ0) is 8.10. The molecule has 0 aliphatic carbocycles. The summed E-state index contributed by atoms with van der Waals surface area (Å²) in [7, 11) is 0. The van der Waals surface area contributed by atoms with E-state index in [-0.39, 0.29) is 0 Å². The van der Waals surface area contributed by atoms with Crippen LogP contribution in [0.15, 0.2) is 24.5 Å². The first-order chi connectivity index (χ1) is 5.29. The molecule has 1 aromatic rings. The molecule has 1 aromatic heterocycles. The van der Waals surface area contributed by atoms with E-state index in [1.807, 2.05) is 0 Å². The minimum absolute atomic E-state index is 0.311. The van der Waals surface area contributed by atoms with Gasteiger partial charge >= 0.3 is 0 Å². The first-order valence-corrected chi connectivity index (χ1v) is 3.50. The van der Waals surface area contributed by atoms with Gasteiger partial charge in [0.05, 0.1) is 12.3 Å². The quantitative estimate of drug-likeness (QED) is 0.699. The molecule has 1 N–H and O–H groups in total. The minimum Gasteiger partial charge on any atom is -0.489 e. The van der Waals surface area contributed by atoms with Crippen molar-refractivity contribution in [1.82, 2.24) is 4.98 Å². The minimum atomic E-state index is -0.435. The maximum Gasteiger partial charge on any atom is 0.137 e. The van der Waals surface area contributed by atoms with E-state index in [0.717, 1.165) is 0 Å². The number of hydrogen-bond acceptors (Lipinski definition) is 3. The summed E-state index contributed by atoms with van der Waals surface area (Å²) in [6.07, 6.45) is 2.85. The topological polar surface area (TPSA) is 42.4 Å². The molecule has 0 amide bonds. The van der Waals surface area contributed by atoms with Gasteiger partial charge in [0.1, 0.15) is 12.4 Å². The molecule has 1 rings (SSSR count). The van der Waals surface area contributed by atoms with E-state index in [9.17, 15) is 0 Å². The maximum absolute atomic E-state index is 8.87. The van der Waals surface area contributed by atoms with Crippen LogP contribution in [0.4, 0.5) is 0 Å². The highest BCUT2D eigenvalue weighted by atomic mass is 16.5. The summed E-state index contributed by atoms with van der Waals surface area (Å²) in [4.78, 5) is 3.86. The van der Waals surface area contributed by atoms with Crippen LogP contribution in [0.2, 0.25) is 0 Å². The van der Waals surface area contributed by atoms with E-state index in [1.54, 1.807) is 31.5 Å². The first-order valence-electron chi connectivity index (χ1n) is 3.50. The fourth-order valence-corrected chi connectivity index (χ4v) is 0.649. The average Bonchev–Trinajstić information content (AvgIpc) is 2.03. The van der Waals surface area contributed by atoms with Crippen LogP contribution in [0.3, 0.4) is 0 Å². The number of pyridine rings is 1. The van der Waals surface area contributed by atoms with Gasteiger partial charge < -0.3 is 9.84 Å². The van der Waals surface area contributed by atoms with Crippen molar-refractivity contribution in [2.75, 3.05) is 6.61 Å². The maximum atomic E-state index is 8.87. The Balaban J connectivity index is 2.39. The van der Waals surface area contributed by atoms with Crippen LogP contribution in [0.5, 0.6) is 5.75 Å². The van der Waals surface area contributed by atoms with Crippen LogP contribution in [-0.4, -0.2) is 22.8 Å². The molecule has 60 valence electrons. The third kappa shape index (κ3) is 3.00. The number of ether oxygens (including phenoxy) is 1. The Morgan fingerprint density at radius 2 is 2.55 bits per heavy atom. The van der Waals surface area contributed by atoms with E-state index >= 15 is 0 Å². The summed E-state index contributed by atoms with van der Waals surface area (Å²) >= 11 is 0. The van der Waals surface area contributed by atoms with Crippen molar-refractivity contribution in [3.05, 3.63) is 24.5 Å². The van der Waals surface area contributed by atoms with Crippen molar-refractivity contribution in [3.63, 3.8) is 0 Å². The molecule has 0 aliphatic heterocycles. The molecule has 11 heavy (non-hydrogen) atoms.